The molecule has 0 atom stereocenters. The molecule has 13 heteroatoms. The van der Waals surface area contributed by atoms with Crippen LogP contribution in [0.3, 0.4) is 0 Å². The minimum Gasteiger partial charge on any atom is -0.450 e. The van der Waals surface area contributed by atoms with Crippen molar-refractivity contribution in [2.24, 2.45) is 0 Å². The van der Waals surface area contributed by atoms with Gasteiger partial charge in [0.1, 0.15) is 6.54 Å². The number of rotatable bonds is 10. The highest BCUT2D eigenvalue weighted by molar-refractivity contribution is 7.13. The van der Waals surface area contributed by atoms with Crippen LogP contribution in [-0.2, 0) is 25.5 Å². The number of hydrogen-bond donors (Lipinski definition) is 1. The molecule has 0 aliphatic carbocycles. The third kappa shape index (κ3) is 8.41. The standard InChI is InChI=1S/C24H30ClN5O6S/c1-3-36-24(34)29-10-8-28(9-11-29)21(32)14-19-16-37-23(26-19)27-20(31)15-30(12-13-35-2)22(33)17-4-6-18(25)7-5-17/h4-7,16H,3,8-15H2,1-2H3,(H,26,27,31). The summed E-state index contributed by atoms with van der Waals surface area (Å²) in [5.74, 6) is -0.843. The van der Waals surface area contributed by atoms with E-state index in [4.69, 9.17) is 21.1 Å². The van der Waals surface area contributed by atoms with Crippen LogP contribution in [0.5, 0.6) is 0 Å². The van der Waals surface area contributed by atoms with Gasteiger partial charge in [-0.3, -0.25) is 14.4 Å². The third-order valence-corrected chi connectivity index (χ3v) is 6.63. The van der Waals surface area contributed by atoms with E-state index in [0.717, 1.165) is 0 Å². The summed E-state index contributed by atoms with van der Waals surface area (Å²) in [7, 11) is 1.52. The molecule has 0 saturated carbocycles. The number of ether oxygens (including phenoxy) is 2. The van der Waals surface area contributed by atoms with Gasteiger partial charge >= 0.3 is 6.09 Å². The molecule has 0 radical (unpaired) electrons. The van der Waals surface area contributed by atoms with Crippen LogP contribution in [0.25, 0.3) is 0 Å². The quantitative estimate of drug-likeness (QED) is 0.481. The van der Waals surface area contributed by atoms with Gasteiger partial charge in [0.2, 0.25) is 11.8 Å². The molecule has 4 amide bonds. The number of nitrogens with zero attached hydrogens (tertiary/aromatic N) is 4. The van der Waals surface area contributed by atoms with Crippen LogP contribution < -0.4 is 5.32 Å². The van der Waals surface area contributed by atoms with E-state index in [-0.39, 0.29) is 44.0 Å². The number of benzene rings is 1. The number of methoxy groups -OCH3 is 1. The van der Waals surface area contributed by atoms with Gasteiger partial charge < -0.3 is 29.5 Å². The second-order valence-electron chi connectivity index (χ2n) is 8.16. The van der Waals surface area contributed by atoms with Crippen LogP contribution in [0.1, 0.15) is 23.0 Å². The van der Waals surface area contributed by atoms with Gasteiger partial charge in [-0.15, -0.1) is 11.3 Å². The van der Waals surface area contributed by atoms with Crippen molar-refractivity contribution in [2.45, 2.75) is 13.3 Å². The van der Waals surface area contributed by atoms with Crippen LogP contribution >= 0.6 is 22.9 Å². The SMILES string of the molecule is CCOC(=O)N1CCN(C(=O)Cc2csc(NC(=O)CN(CCOC)C(=O)c3ccc(Cl)cc3)n2)CC1. The predicted molar refractivity (Wildman–Crippen MR) is 139 cm³/mol. The summed E-state index contributed by atoms with van der Waals surface area (Å²) in [5.41, 5.74) is 0.943. The molecule has 37 heavy (non-hydrogen) atoms. The number of thiazole rings is 1. The van der Waals surface area contributed by atoms with Crippen molar-refractivity contribution in [1.82, 2.24) is 19.7 Å². The molecule has 1 fully saturated rings. The van der Waals surface area contributed by atoms with Crippen molar-refractivity contribution >= 4 is 51.9 Å². The Morgan fingerprint density at radius 2 is 1.78 bits per heavy atom. The number of carbonyl (C=O) groups excluding carboxylic acids is 4. The third-order valence-electron chi connectivity index (χ3n) is 5.57. The number of nitrogens with one attached hydrogen (secondary N) is 1. The van der Waals surface area contributed by atoms with Crippen LogP contribution in [0.4, 0.5) is 9.93 Å². The molecule has 11 nitrogen and oxygen atoms in total. The van der Waals surface area contributed by atoms with Crippen LogP contribution in [0, 0.1) is 0 Å². The summed E-state index contributed by atoms with van der Waals surface area (Å²) in [6, 6.07) is 6.43. The highest BCUT2D eigenvalue weighted by atomic mass is 35.5. The van der Waals surface area contributed by atoms with Gasteiger partial charge in [-0.05, 0) is 31.2 Å². The van der Waals surface area contributed by atoms with Crippen molar-refractivity contribution in [3.8, 4) is 0 Å². The lowest BCUT2D eigenvalue weighted by atomic mass is 10.2. The molecular formula is C24H30ClN5O6S. The lowest BCUT2D eigenvalue weighted by molar-refractivity contribution is -0.132. The zero-order valence-corrected chi connectivity index (χ0v) is 22.3. The number of hydrogen-bond acceptors (Lipinski definition) is 8. The first-order chi connectivity index (χ1) is 17.8. The highest BCUT2D eigenvalue weighted by Gasteiger charge is 2.25. The van der Waals surface area contributed by atoms with Crippen LogP contribution in [0.15, 0.2) is 29.6 Å². The van der Waals surface area contributed by atoms with E-state index in [1.165, 1.54) is 23.3 Å². The Labute approximate surface area is 224 Å². The fourth-order valence-corrected chi connectivity index (χ4v) is 4.48. The Balaban J connectivity index is 1.51. The summed E-state index contributed by atoms with van der Waals surface area (Å²) in [4.78, 5) is 59.0. The van der Waals surface area contributed by atoms with E-state index in [0.29, 0.717) is 54.2 Å². The average Bonchev–Trinajstić information content (AvgIpc) is 3.33. The lowest BCUT2D eigenvalue weighted by Gasteiger charge is -2.34. The largest absolute Gasteiger partial charge is 0.450 e. The number of carbonyl (C=O) groups is 4. The maximum atomic E-state index is 12.9. The molecule has 2 heterocycles. The van der Waals surface area contributed by atoms with Crippen molar-refractivity contribution in [1.29, 1.82) is 0 Å². The minimum absolute atomic E-state index is 0.0841. The Morgan fingerprint density at radius 3 is 2.43 bits per heavy atom. The van der Waals surface area contributed by atoms with Gasteiger partial charge in [-0.1, -0.05) is 11.6 Å². The minimum atomic E-state index is -0.416. The van der Waals surface area contributed by atoms with E-state index >= 15 is 0 Å². The molecule has 0 bridgehead atoms. The first kappa shape index (κ1) is 28.4. The molecule has 1 aromatic heterocycles. The van der Waals surface area contributed by atoms with Gasteiger partial charge in [0.05, 0.1) is 25.3 Å². The summed E-state index contributed by atoms with van der Waals surface area (Å²) in [6.07, 6.45) is -0.286. The van der Waals surface area contributed by atoms with E-state index < -0.39 is 5.91 Å². The zero-order valence-electron chi connectivity index (χ0n) is 20.8. The fraction of sp³-hybridized carbons (Fsp3) is 0.458. The zero-order chi connectivity index (χ0) is 26.8. The Kier molecular flexibility index (Phi) is 10.7. The molecule has 1 aliphatic rings. The van der Waals surface area contributed by atoms with E-state index in [2.05, 4.69) is 10.3 Å². The van der Waals surface area contributed by atoms with Crippen LogP contribution in [-0.4, -0.2) is 103 Å². The molecule has 1 aliphatic heterocycles. The molecule has 0 unspecified atom stereocenters. The van der Waals surface area contributed by atoms with Crippen molar-refractivity contribution < 1.29 is 28.7 Å². The molecule has 1 N–H and O–H groups in total. The van der Waals surface area contributed by atoms with Crippen molar-refractivity contribution in [3.63, 3.8) is 0 Å². The number of amides is 4. The summed E-state index contributed by atoms with van der Waals surface area (Å²) >= 11 is 7.10. The first-order valence-electron chi connectivity index (χ1n) is 11.8. The van der Waals surface area contributed by atoms with Gasteiger partial charge in [0.15, 0.2) is 5.13 Å². The molecule has 1 saturated heterocycles. The first-order valence-corrected chi connectivity index (χ1v) is 13.0. The smallest absolute Gasteiger partial charge is 0.409 e. The molecule has 200 valence electrons. The van der Waals surface area contributed by atoms with Gasteiger partial charge in [-0.2, -0.15) is 0 Å². The number of aromatic nitrogens is 1. The van der Waals surface area contributed by atoms with Gasteiger partial charge in [-0.25, -0.2) is 9.78 Å². The monoisotopic (exact) mass is 551 g/mol. The van der Waals surface area contributed by atoms with Gasteiger partial charge in [0.25, 0.3) is 5.91 Å². The Bertz CT molecular complexity index is 1090. The summed E-state index contributed by atoms with van der Waals surface area (Å²) in [5, 5.41) is 5.26. The molecule has 3 rings (SSSR count). The summed E-state index contributed by atoms with van der Waals surface area (Å²) in [6.45, 7) is 4.04. The Hall–Kier alpha value is -3.22. The number of piperazine rings is 1. The predicted octanol–water partition coefficient (Wildman–Crippen LogP) is 2.37. The highest BCUT2D eigenvalue weighted by Crippen LogP contribution is 2.17. The van der Waals surface area contributed by atoms with E-state index in [9.17, 15) is 19.2 Å². The maximum Gasteiger partial charge on any atom is 0.409 e. The second-order valence-corrected chi connectivity index (χ2v) is 9.46. The Morgan fingerprint density at radius 1 is 1.11 bits per heavy atom. The van der Waals surface area contributed by atoms with Gasteiger partial charge in [0, 0.05) is 55.8 Å². The molecule has 1 aromatic carbocycles. The van der Waals surface area contributed by atoms with Crippen LogP contribution in [0.2, 0.25) is 5.02 Å². The van der Waals surface area contributed by atoms with E-state index in [1.807, 2.05) is 0 Å². The average molecular weight is 552 g/mol. The summed E-state index contributed by atoms with van der Waals surface area (Å²) < 4.78 is 10.1. The maximum absolute atomic E-state index is 12.9. The topological polar surface area (TPSA) is 121 Å². The molecule has 2 aromatic rings. The molecule has 0 spiro atoms. The fourth-order valence-electron chi connectivity index (χ4n) is 3.63. The van der Waals surface area contributed by atoms with Crippen molar-refractivity contribution in [3.05, 3.63) is 45.9 Å². The van der Waals surface area contributed by atoms with Crippen molar-refractivity contribution in [2.75, 3.05) is 64.9 Å². The van der Waals surface area contributed by atoms with E-state index in [1.54, 1.807) is 46.4 Å². The lowest BCUT2D eigenvalue weighted by Crippen LogP contribution is -2.51. The second kappa shape index (κ2) is 13.9. The molecular weight excluding hydrogens is 522 g/mol. The number of halogens is 1. The number of anilines is 1. The normalized spacial score (nSPS) is 13.3.